The van der Waals surface area contributed by atoms with E-state index in [2.05, 4.69) is 44.0 Å². The predicted octanol–water partition coefficient (Wildman–Crippen LogP) is 5.92. The molecule has 0 saturated carbocycles. The maximum atomic E-state index is 13.1. The molecule has 0 radical (unpaired) electrons. The molecule has 0 aliphatic carbocycles. The molecule has 5 atom stereocenters. The van der Waals surface area contributed by atoms with Crippen LogP contribution in [-0.2, 0) is 24.3 Å². The number of hydrogen-bond acceptors (Lipinski definition) is 9. The van der Waals surface area contributed by atoms with E-state index in [-0.39, 0.29) is 18.7 Å². The number of methoxy groups -OCH3 is 3. The van der Waals surface area contributed by atoms with Crippen molar-refractivity contribution in [2.24, 2.45) is 0 Å². The molecule has 0 amide bonds. The molecule has 50 heavy (non-hydrogen) atoms. The lowest BCUT2D eigenvalue weighted by Gasteiger charge is -2.39. The normalized spacial score (nSPS) is 20.1. The summed E-state index contributed by atoms with van der Waals surface area (Å²) in [6.07, 6.45) is -1.50. The molecule has 3 aromatic carbocycles. The number of H-pyrrole nitrogens is 1. The number of aromatic nitrogens is 2. The number of ether oxygens (including phenoxy) is 5. The van der Waals surface area contributed by atoms with Crippen LogP contribution >= 0.6 is 8.30 Å². The molecule has 1 aliphatic heterocycles. The lowest BCUT2D eigenvalue weighted by molar-refractivity contribution is -0.0952. The lowest BCUT2D eigenvalue weighted by Crippen LogP contribution is -2.43. The molecule has 0 bridgehead atoms. The van der Waals surface area contributed by atoms with E-state index in [1.807, 2.05) is 78.9 Å². The van der Waals surface area contributed by atoms with E-state index < -0.39 is 49.7 Å². The molecule has 4 aromatic rings. The molecule has 5 rings (SSSR count). The third-order valence-electron chi connectivity index (χ3n) is 8.98. The van der Waals surface area contributed by atoms with Gasteiger partial charge in [-0.15, -0.1) is 0 Å². The van der Waals surface area contributed by atoms with Gasteiger partial charge >= 0.3 is 5.69 Å². The Hall–Kier alpha value is -3.83. The highest BCUT2D eigenvalue weighted by atomic mass is 31.2. The highest BCUT2D eigenvalue weighted by Gasteiger charge is 2.50. The van der Waals surface area contributed by atoms with Crippen molar-refractivity contribution in [1.82, 2.24) is 14.2 Å². The Morgan fingerprint density at radius 2 is 1.34 bits per heavy atom. The highest BCUT2D eigenvalue weighted by Crippen LogP contribution is 2.48. The van der Waals surface area contributed by atoms with Gasteiger partial charge in [-0.3, -0.25) is 19.0 Å². The molecular formula is C38H48N3O8P. The molecule has 1 fully saturated rings. The third-order valence-corrected chi connectivity index (χ3v) is 11.1. The Bertz CT molecular complexity index is 1720. The van der Waals surface area contributed by atoms with Crippen LogP contribution in [0.1, 0.15) is 50.6 Å². The summed E-state index contributed by atoms with van der Waals surface area (Å²) in [5, 5.41) is 0. The Morgan fingerprint density at radius 3 is 1.82 bits per heavy atom. The third kappa shape index (κ3) is 7.73. The minimum atomic E-state index is -1.13. The van der Waals surface area contributed by atoms with Crippen molar-refractivity contribution in [1.29, 1.82) is 0 Å². The number of aromatic amines is 1. The Labute approximate surface area is 294 Å². The quantitative estimate of drug-likeness (QED) is 0.119. The van der Waals surface area contributed by atoms with E-state index in [0.29, 0.717) is 11.5 Å². The Morgan fingerprint density at radius 1 is 0.800 bits per heavy atom. The van der Waals surface area contributed by atoms with E-state index >= 15 is 0 Å². The first-order valence-electron chi connectivity index (χ1n) is 16.7. The fourth-order valence-corrected chi connectivity index (χ4v) is 8.85. The van der Waals surface area contributed by atoms with Gasteiger partial charge in [0, 0.05) is 31.5 Å². The fraction of sp³-hybridized carbons (Fsp3) is 0.421. The summed E-state index contributed by atoms with van der Waals surface area (Å²) in [6.45, 7) is 10.7. The van der Waals surface area contributed by atoms with E-state index in [9.17, 15) is 9.59 Å². The number of nitrogens with zero attached hydrogens (tertiary/aromatic N) is 2. The zero-order valence-corrected chi connectivity index (χ0v) is 30.8. The van der Waals surface area contributed by atoms with Crippen LogP contribution in [0.2, 0.25) is 0 Å². The summed E-state index contributed by atoms with van der Waals surface area (Å²) < 4.78 is 41.5. The summed E-state index contributed by atoms with van der Waals surface area (Å²) in [4.78, 5) is 27.4. The predicted molar refractivity (Wildman–Crippen MR) is 194 cm³/mol. The molecule has 1 saturated heterocycles. The summed E-state index contributed by atoms with van der Waals surface area (Å²) in [7, 11) is 3.71. The van der Waals surface area contributed by atoms with Crippen LogP contribution in [0.3, 0.4) is 0 Å². The smallest absolute Gasteiger partial charge is 0.330 e. The molecule has 1 N–H and O–H groups in total. The van der Waals surface area contributed by atoms with Crippen LogP contribution in [0.25, 0.3) is 0 Å². The topological polar surface area (TPSA) is 113 Å². The van der Waals surface area contributed by atoms with Crippen LogP contribution in [0.15, 0.2) is 101 Å². The first-order chi connectivity index (χ1) is 24.0. The van der Waals surface area contributed by atoms with Gasteiger partial charge < -0.3 is 28.2 Å². The van der Waals surface area contributed by atoms with Crippen molar-refractivity contribution >= 4 is 8.30 Å². The molecule has 0 spiro atoms. The second-order valence-corrected chi connectivity index (χ2v) is 14.3. The van der Waals surface area contributed by atoms with Gasteiger partial charge in [0.05, 0.1) is 20.8 Å². The van der Waals surface area contributed by atoms with Crippen molar-refractivity contribution < 1.29 is 28.2 Å². The summed E-state index contributed by atoms with van der Waals surface area (Å²) >= 11 is 0. The van der Waals surface area contributed by atoms with E-state index in [1.54, 1.807) is 21.3 Å². The van der Waals surface area contributed by atoms with Gasteiger partial charge in [-0.25, -0.2) is 4.79 Å². The van der Waals surface area contributed by atoms with E-state index in [4.69, 9.17) is 28.2 Å². The first kappa shape index (κ1) is 37.4. The monoisotopic (exact) mass is 705 g/mol. The van der Waals surface area contributed by atoms with Crippen LogP contribution in [0, 0.1) is 0 Å². The minimum absolute atomic E-state index is 0.0542. The number of rotatable bonds is 15. The summed E-state index contributed by atoms with van der Waals surface area (Å²) in [5.74, 6) is 1.43. The second kappa shape index (κ2) is 16.5. The van der Waals surface area contributed by atoms with Gasteiger partial charge in [0.15, 0.2) is 6.23 Å². The Balaban J connectivity index is 1.62. The zero-order valence-electron chi connectivity index (χ0n) is 29.9. The van der Waals surface area contributed by atoms with Crippen molar-refractivity contribution in [3.05, 3.63) is 129 Å². The zero-order chi connectivity index (χ0) is 36.0. The van der Waals surface area contributed by atoms with Gasteiger partial charge in [-0.2, -0.15) is 0 Å². The Kier molecular flexibility index (Phi) is 12.3. The fourth-order valence-electron chi connectivity index (χ4n) is 6.83. The molecule has 1 aliphatic rings. The summed E-state index contributed by atoms with van der Waals surface area (Å²) in [5.41, 5.74) is 0.410. The SMILES string of the molecule is COc1ccc(C(OC[C@H]2O[C@@H](n3ccc(=O)[nH]c3=O)C(OC)[C@H]2OP(C)N(C(C)C)C(C)C)(c2ccccc2)c2ccc(OC)cc2)cc1. The maximum absolute atomic E-state index is 13.1. The van der Waals surface area contributed by atoms with Crippen molar-refractivity contribution in [3.8, 4) is 11.5 Å². The van der Waals surface area contributed by atoms with Gasteiger partial charge in [-0.05, 0) is 75.3 Å². The van der Waals surface area contributed by atoms with Gasteiger partial charge in [0.1, 0.15) is 43.7 Å². The van der Waals surface area contributed by atoms with Crippen LogP contribution < -0.4 is 20.7 Å². The molecule has 2 heterocycles. The van der Waals surface area contributed by atoms with Gasteiger partial charge in [0.25, 0.3) is 5.56 Å². The van der Waals surface area contributed by atoms with Crippen molar-refractivity contribution in [2.75, 3.05) is 34.6 Å². The number of benzene rings is 3. The lowest BCUT2D eigenvalue weighted by atomic mass is 9.80. The average molecular weight is 706 g/mol. The largest absolute Gasteiger partial charge is 0.497 e. The van der Waals surface area contributed by atoms with Crippen molar-refractivity contribution in [3.63, 3.8) is 0 Å². The van der Waals surface area contributed by atoms with Gasteiger partial charge in [-0.1, -0.05) is 54.6 Å². The summed E-state index contributed by atoms with van der Waals surface area (Å²) in [6, 6.07) is 27.3. The molecule has 11 nitrogen and oxygen atoms in total. The van der Waals surface area contributed by atoms with Crippen LogP contribution in [0.4, 0.5) is 0 Å². The first-order valence-corrected chi connectivity index (χ1v) is 18.4. The molecule has 12 heteroatoms. The number of hydrogen-bond donors (Lipinski definition) is 1. The van der Waals surface area contributed by atoms with Crippen LogP contribution in [-0.4, -0.2) is 79.2 Å². The highest BCUT2D eigenvalue weighted by molar-refractivity contribution is 7.49. The van der Waals surface area contributed by atoms with Gasteiger partial charge in [0.2, 0.25) is 0 Å². The standard InChI is InChI=1S/C38H48N3O8P/c1-25(2)41(26(3)4)50(8)49-34-32(48-36(35(34)46-7)40-23-22-33(42)39-37(40)43)24-47-38(27-12-10-9-11-13-27,28-14-18-30(44-5)19-15-28)29-16-20-31(45-6)21-17-29/h9-23,25-26,32,34-36H,24H2,1-8H3,(H,39,42,43)/t32-,34+,35?,36-,50?/m1/s1. The average Bonchev–Trinajstić information content (AvgIpc) is 3.45. The maximum Gasteiger partial charge on any atom is 0.330 e. The molecular weight excluding hydrogens is 657 g/mol. The van der Waals surface area contributed by atoms with E-state index in [1.165, 1.54) is 16.8 Å². The van der Waals surface area contributed by atoms with Crippen LogP contribution in [0.5, 0.6) is 11.5 Å². The molecule has 1 aromatic heterocycles. The van der Waals surface area contributed by atoms with E-state index in [0.717, 1.165) is 16.7 Å². The number of nitrogens with one attached hydrogen (secondary N) is 1. The minimum Gasteiger partial charge on any atom is -0.497 e. The second-order valence-electron chi connectivity index (χ2n) is 12.7. The molecule has 268 valence electrons. The van der Waals surface area contributed by atoms with Crippen molar-refractivity contribution in [2.45, 2.75) is 69.9 Å². The molecule has 2 unspecified atom stereocenters.